The van der Waals surface area contributed by atoms with Crippen molar-refractivity contribution in [3.63, 3.8) is 0 Å². The Kier molecular flexibility index (Phi) is 3.64. The molecule has 1 aromatic heterocycles. The normalized spacial score (nSPS) is 13.0. The van der Waals surface area contributed by atoms with E-state index in [0.29, 0.717) is 0 Å². The first-order chi connectivity index (χ1) is 6.95. The van der Waals surface area contributed by atoms with E-state index in [2.05, 4.69) is 25.8 Å². The molecular formula is C13H19NO. The molecule has 0 radical (unpaired) electrons. The average Bonchev–Trinajstić information content (AvgIpc) is 2.14. The van der Waals surface area contributed by atoms with Crippen LogP contribution in [0.25, 0.3) is 6.08 Å². The lowest BCUT2D eigenvalue weighted by atomic mass is 9.86. The lowest BCUT2D eigenvalue weighted by Gasteiger charge is -2.21. The molecule has 1 N–H and O–H groups in total. The zero-order chi connectivity index (χ0) is 11.5. The predicted octanol–water partition coefficient (Wildman–Crippen LogP) is 2.81. The van der Waals surface area contributed by atoms with Crippen molar-refractivity contribution >= 4 is 6.08 Å². The van der Waals surface area contributed by atoms with Gasteiger partial charge in [0.2, 0.25) is 0 Å². The molecule has 0 amide bonds. The van der Waals surface area contributed by atoms with E-state index in [1.807, 2.05) is 25.1 Å². The average molecular weight is 205 g/mol. The van der Waals surface area contributed by atoms with Gasteiger partial charge in [-0.2, -0.15) is 0 Å². The minimum Gasteiger partial charge on any atom is -0.392 e. The first kappa shape index (κ1) is 11.9. The van der Waals surface area contributed by atoms with Crippen molar-refractivity contribution in [1.82, 2.24) is 4.98 Å². The first-order valence-corrected chi connectivity index (χ1v) is 5.18. The molecule has 0 unspecified atom stereocenters. The molecule has 0 atom stereocenters. The van der Waals surface area contributed by atoms with Crippen LogP contribution in [0, 0.1) is 12.3 Å². The van der Waals surface area contributed by atoms with Crippen molar-refractivity contribution in [3.8, 4) is 0 Å². The van der Waals surface area contributed by atoms with E-state index in [1.165, 1.54) is 0 Å². The Balaban J connectivity index is 3.10. The minimum absolute atomic E-state index is 0.0152. The number of pyridine rings is 1. The Morgan fingerprint density at radius 1 is 1.47 bits per heavy atom. The molecule has 1 heterocycles. The highest BCUT2D eigenvalue weighted by Gasteiger charge is 2.16. The second-order valence-electron chi connectivity index (χ2n) is 4.78. The molecule has 0 bridgehead atoms. The number of hydrogen-bond donors (Lipinski definition) is 1. The third kappa shape index (κ3) is 3.17. The number of rotatable bonds is 2. The highest BCUT2D eigenvalue weighted by atomic mass is 16.3. The fourth-order valence-corrected chi connectivity index (χ4v) is 1.31. The monoisotopic (exact) mass is 205 g/mol. The molecule has 1 rings (SSSR count). The molecule has 15 heavy (non-hydrogen) atoms. The summed E-state index contributed by atoms with van der Waals surface area (Å²) in [6.45, 7) is 8.38. The molecule has 0 aliphatic heterocycles. The maximum absolute atomic E-state index is 9.32. The molecule has 0 aromatic carbocycles. The third-order valence-corrected chi connectivity index (χ3v) is 2.49. The maximum Gasteiger partial charge on any atom is 0.0659 e. The van der Waals surface area contributed by atoms with Crippen molar-refractivity contribution < 1.29 is 5.11 Å². The Morgan fingerprint density at radius 2 is 2.13 bits per heavy atom. The largest absolute Gasteiger partial charge is 0.392 e. The highest BCUT2D eigenvalue weighted by molar-refractivity contribution is 5.53. The maximum atomic E-state index is 9.32. The van der Waals surface area contributed by atoms with Gasteiger partial charge in [0.1, 0.15) is 0 Å². The summed E-state index contributed by atoms with van der Waals surface area (Å²) in [5, 5.41) is 9.32. The van der Waals surface area contributed by atoms with E-state index in [0.717, 1.165) is 16.8 Å². The van der Waals surface area contributed by atoms with Gasteiger partial charge in [-0.1, -0.05) is 26.8 Å². The number of hydrogen-bond acceptors (Lipinski definition) is 2. The third-order valence-electron chi connectivity index (χ3n) is 2.49. The zero-order valence-corrected chi connectivity index (χ0v) is 9.91. The second-order valence-corrected chi connectivity index (χ2v) is 4.78. The molecule has 2 nitrogen and oxygen atoms in total. The molecule has 82 valence electrons. The molecular weight excluding hydrogens is 186 g/mol. The number of aliphatic hydroxyl groups is 1. The Labute approximate surface area is 91.7 Å². The summed E-state index contributed by atoms with van der Waals surface area (Å²) in [7, 11) is 0. The summed E-state index contributed by atoms with van der Waals surface area (Å²) < 4.78 is 0. The summed E-state index contributed by atoms with van der Waals surface area (Å²) in [6, 6.07) is 3.94. The quantitative estimate of drug-likeness (QED) is 0.805. The molecule has 0 saturated heterocycles. The van der Waals surface area contributed by atoms with E-state index < -0.39 is 0 Å². The van der Waals surface area contributed by atoms with Gasteiger partial charge in [0, 0.05) is 6.20 Å². The van der Waals surface area contributed by atoms with Gasteiger partial charge >= 0.3 is 0 Å². The molecule has 0 aliphatic rings. The lowest BCUT2D eigenvalue weighted by molar-refractivity contribution is 0.298. The highest BCUT2D eigenvalue weighted by Crippen LogP contribution is 2.26. The molecule has 0 spiro atoms. The van der Waals surface area contributed by atoms with Gasteiger partial charge in [0.25, 0.3) is 0 Å². The van der Waals surface area contributed by atoms with Crippen molar-refractivity contribution in [2.45, 2.75) is 27.7 Å². The standard InChI is InChI=1S/C13H19NO/c1-10-6-5-7-14-12(10)8-11(9-15)13(2,3)4/h5-8,15H,9H2,1-4H3/b11-8+. The van der Waals surface area contributed by atoms with Gasteiger partial charge < -0.3 is 5.11 Å². The first-order valence-electron chi connectivity index (χ1n) is 5.18. The number of aromatic nitrogens is 1. The van der Waals surface area contributed by atoms with Crippen LogP contribution >= 0.6 is 0 Å². The van der Waals surface area contributed by atoms with Crippen LogP contribution in [0.5, 0.6) is 0 Å². The summed E-state index contributed by atoms with van der Waals surface area (Å²) in [5.74, 6) is 0. The van der Waals surface area contributed by atoms with Gasteiger partial charge in [-0.25, -0.2) is 0 Å². The van der Waals surface area contributed by atoms with Crippen molar-refractivity contribution in [2.24, 2.45) is 5.41 Å². The Hall–Kier alpha value is -1.15. The zero-order valence-electron chi connectivity index (χ0n) is 9.91. The van der Waals surface area contributed by atoms with Crippen LogP contribution < -0.4 is 0 Å². The van der Waals surface area contributed by atoms with Crippen LogP contribution in [0.4, 0.5) is 0 Å². The molecule has 0 fully saturated rings. The summed E-state index contributed by atoms with van der Waals surface area (Å²) in [5.41, 5.74) is 3.06. The van der Waals surface area contributed by atoms with E-state index in [-0.39, 0.29) is 12.0 Å². The van der Waals surface area contributed by atoms with Crippen LogP contribution in [0.15, 0.2) is 23.9 Å². The van der Waals surface area contributed by atoms with Crippen molar-refractivity contribution in [2.75, 3.05) is 6.61 Å². The van der Waals surface area contributed by atoms with Gasteiger partial charge in [0.15, 0.2) is 0 Å². The smallest absolute Gasteiger partial charge is 0.0659 e. The van der Waals surface area contributed by atoms with E-state index in [4.69, 9.17) is 0 Å². The number of aliphatic hydroxyl groups excluding tert-OH is 1. The van der Waals surface area contributed by atoms with E-state index >= 15 is 0 Å². The van der Waals surface area contributed by atoms with Gasteiger partial charge in [0.05, 0.1) is 12.3 Å². The van der Waals surface area contributed by atoms with Crippen LogP contribution in [0.1, 0.15) is 32.0 Å². The SMILES string of the molecule is Cc1cccnc1/C=C(\CO)C(C)(C)C. The Morgan fingerprint density at radius 3 is 2.60 bits per heavy atom. The van der Waals surface area contributed by atoms with Gasteiger partial charge in [-0.15, -0.1) is 0 Å². The molecule has 0 aliphatic carbocycles. The van der Waals surface area contributed by atoms with Crippen molar-refractivity contribution in [1.29, 1.82) is 0 Å². The van der Waals surface area contributed by atoms with Crippen LogP contribution in [0.2, 0.25) is 0 Å². The van der Waals surface area contributed by atoms with Crippen LogP contribution in [-0.2, 0) is 0 Å². The molecule has 0 saturated carbocycles. The van der Waals surface area contributed by atoms with Crippen LogP contribution in [0.3, 0.4) is 0 Å². The van der Waals surface area contributed by atoms with Crippen LogP contribution in [-0.4, -0.2) is 16.7 Å². The van der Waals surface area contributed by atoms with Gasteiger partial charge in [-0.3, -0.25) is 4.98 Å². The summed E-state index contributed by atoms with van der Waals surface area (Å²) in [4.78, 5) is 4.29. The summed E-state index contributed by atoms with van der Waals surface area (Å²) in [6.07, 6.45) is 3.76. The molecule has 1 aromatic rings. The van der Waals surface area contributed by atoms with Crippen molar-refractivity contribution in [3.05, 3.63) is 35.2 Å². The summed E-state index contributed by atoms with van der Waals surface area (Å²) >= 11 is 0. The Bertz CT molecular complexity index is 361. The van der Waals surface area contributed by atoms with Gasteiger partial charge in [-0.05, 0) is 35.6 Å². The van der Waals surface area contributed by atoms with E-state index in [1.54, 1.807) is 6.20 Å². The fourth-order valence-electron chi connectivity index (χ4n) is 1.31. The second kappa shape index (κ2) is 4.58. The fraction of sp³-hybridized carbons (Fsp3) is 0.462. The van der Waals surface area contributed by atoms with E-state index in [9.17, 15) is 5.11 Å². The topological polar surface area (TPSA) is 33.1 Å². The minimum atomic E-state index is -0.0152. The number of aryl methyl sites for hydroxylation is 1. The molecule has 2 heteroatoms. The predicted molar refractivity (Wildman–Crippen MR) is 63.5 cm³/mol. The lowest BCUT2D eigenvalue weighted by Crippen LogP contribution is -2.12. The number of nitrogens with zero attached hydrogens (tertiary/aromatic N) is 1.